The van der Waals surface area contributed by atoms with Crippen LogP contribution in [0.4, 0.5) is 14.5 Å². The summed E-state index contributed by atoms with van der Waals surface area (Å²) in [5.41, 5.74) is -4.88. The number of halogens is 2. The van der Waals surface area contributed by atoms with Crippen LogP contribution in [0, 0.1) is 18.3 Å². The van der Waals surface area contributed by atoms with Gasteiger partial charge < -0.3 is 14.3 Å². The van der Waals surface area contributed by atoms with Crippen LogP contribution < -0.4 is 4.90 Å². The smallest absolute Gasteiger partial charge is 0.270 e. The number of hydrogen-bond donors (Lipinski definition) is 0. The zero-order chi connectivity index (χ0) is 20.1. The number of nitriles is 1. The Morgan fingerprint density at radius 1 is 1.36 bits per heavy atom. The van der Waals surface area contributed by atoms with E-state index in [0.717, 1.165) is 9.80 Å². The lowest BCUT2D eigenvalue weighted by Crippen LogP contribution is -2.47. The Morgan fingerprint density at radius 3 is 2.79 bits per heavy atom. The Labute approximate surface area is 158 Å². The van der Waals surface area contributed by atoms with Crippen molar-refractivity contribution in [3.63, 3.8) is 0 Å². The summed E-state index contributed by atoms with van der Waals surface area (Å²) in [4.78, 5) is 31.0. The molecule has 2 atom stereocenters. The lowest BCUT2D eigenvalue weighted by Gasteiger charge is -2.22. The monoisotopic (exact) mass is 387 g/mol. The molecule has 0 radical (unpaired) electrons. The quantitative estimate of drug-likeness (QED) is 0.781. The zero-order valence-electron chi connectivity index (χ0n) is 14.9. The molecule has 3 heterocycles. The highest BCUT2D eigenvalue weighted by molar-refractivity contribution is 6.05. The molecule has 2 fully saturated rings. The first-order valence-corrected chi connectivity index (χ1v) is 8.53. The van der Waals surface area contributed by atoms with E-state index in [9.17, 15) is 9.59 Å². The first kappa shape index (κ1) is 18.0. The molecule has 8 nitrogen and oxygen atoms in total. The molecule has 2 aliphatic heterocycles. The van der Waals surface area contributed by atoms with E-state index in [1.165, 1.54) is 24.3 Å². The number of aryl methyl sites for hydroxylation is 1. The minimum atomic E-state index is -2.85. The number of fused-ring (bicyclic) bond motifs is 1. The van der Waals surface area contributed by atoms with Crippen LogP contribution in [0.15, 0.2) is 28.8 Å². The molecule has 0 saturated carbocycles. The number of aromatic nitrogens is 2. The second kappa shape index (κ2) is 6.09. The number of likely N-dealkylation sites (tertiary alicyclic amines) is 1. The molecule has 2 amide bonds. The minimum absolute atomic E-state index is 0.113. The van der Waals surface area contributed by atoms with Gasteiger partial charge in [-0.15, -0.1) is 0 Å². The molecule has 0 bridgehead atoms. The summed E-state index contributed by atoms with van der Waals surface area (Å²) in [7, 11) is 0. The molecule has 0 spiro atoms. The molecule has 28 heavy (non-hydrogen) atoms. The number of alkyl halides is 2. The number of hydrogen-bond acceptors (Lipinski definition) is 6. The number of amides is 2. The highest BCUT2D eigenvalue weighted by Crippen LogP contribution is 2.47. The average Bonchev–Trinajstić information content (AvgIpc) is 3.25. The third-order valence-corrected chi connectivity index (χ3v) is 5.07. The second-order valence-corrected chi connectivity index (χ2v) is 6.98. The predicted molar refractivity (Wildman–Crippen MR) is 90.5 cm³/mol. The Balaban J connectivity index is 1.55. The van der Waals surface area contributed by atoms with E-state index in [1.807, 2.05) is 6.07 Å². The molecule has 1 aromatic heterocycles. The number of anilines is 1. The van der Waals surface area contributed by atoms with Gasteiger partial charge in [0.05, 0.1) is 37.7 Å². The van der Waals surface area contributed by atoms with Gasteiger partial charge in [-0.05, 0) is 18.2 Å². The predicted octanol–water partition coefficient (Wildman–Crippen LogP) is 1.10. The molecule has 10 heteroatoms. The molecule has 0 N–H and O–H groups in total. The molecule has 2 aliphatic rings. The van der Waals surface area contributed by atoms with Crippen molar-refractivity contribution in [1.82, 2.24) is 15.0 Å². The highest BCUT2D eigenvalue weighted by atomic mass is 19.2. The fourth-order valence-electron chi connectivity index (χ4n) is 3.65. The average molecular weight is 387 g/mol. The third-order valence-electron chi connectivity index (χ3n) is 5.07. The molecular weight excluding hydrogens is 372 g/mol. The van der Waals surface area contributed by atoms with Crippen molar-refractivity contribution in [2.75, 3.05) is 24.5 Å². The van der Waals surface area contributed by atoms with E-state index in [0.29, 0.717) is 0 Å². The second-order valence-electron chi connectivity index (χ2n) is 6.98. The number of benzene rings is 1. The van der Waals surface area contributed by atoms with Crippen molar-refractivity contribution < 1.29 is 22.9 Å². The van der Waals surface area contributed by atoms with E-state index in [-0.39, 0.29) is 29.4 Å². The van der Waals surface area contributed by atoms with Crippen LogP contribution in [-0.4, -0.2) is 57.8 Å². The standard InChI is InChI=1S/C18H15F2N5O3/c1-11-22-14(23-28-11)6-15(26)24-8-17(19)9-25(16(27)18(17,20)10-24)13-4-2-3-12(5-13)7-21/h2-5H,6,8-10H2,1H3/t17-,18+/m0/s1. The number of carbonyl (C=O) groups is 2. The fourth-order valence-corrected chi connectivity index (χ4v) is 3.65. The van der Waals surface area contributed by atoms with Crippen LogP contribution in [0.1, 0.15) is 17.3 Å². The first-order valence-electron chi connectivity index (χ1n) is 8.53. The van der Waals surface area contributed by atoms with Crippen LogP contribution in [0.3, 0.4) is 0 Å². The van der Waals surface area contributed by atoms with Gasteiger partial charge in [0.1, 0.15) is 0 Å². The van der Waals surface area contributed by atoms with Crippen LogP contribution in [0.25, 0.3) is 0 Å². The molecule has 144 valence electrons. The van der Waals surface area contributed by atoms with E-state index in [4.69, 9.17) is 9.78 Å². The van der Waals surface area contributed by atoms with E-state index in [1.54, 1.807) is 6.92 Å². The van der Waals surface area contributed by atoms with Crippen LogP contribution in [-0.2, 0) is 16.0 Å². The molecule has 0 unspecified atom stereocenters. The Hall–Kier alpha value is -3.35. The van der Waals surface area contributed by atoms with Gasteiger partial charge in [0, 0.05) is 12.6 Å². The maximum absolute atomic E-state index is 15.5. The molecule has 1 aromatic carbocycles. The summed E-state index contributed by atoms with van der Waals surface area (Å²) in [6.07, 6.45) is -0.272. The summed E-state index contributed by atoms with van der Waals surface area (Å²) in [6, 6.07) is 7.89. The van der Waals surface area contributed by atoms with E-state index < -0.39 is 42.8 Å². The van der Waals surface area contributed by atoms with Gasteiger partial charge in [-0.25, -0.2) is 8.78 Å². The first-order chi connectivity index (χ1) is 13.3. The van der Waals surface area contributed by atoms with Crippen LogP contribution >= 0.6 is 0 Å². The van der Waals surface area contributed by atoms with Crippen LogP contribution in [0.2, 0.25) is 0 Å². The normalized spacial score (nSPS) is 26.4. The van der Waals surface area contributed by atoms with Gasteiger partial charge in [-0.2, -0.15) is 10.2 Å². The Kier molecular flexibility index (Phi) is 3.92. The Morgan fingerprint density at radius 2 is 2.14 bits per heavy atom. The SMILES string of the molecule is Cc1nc(CC(=O)N2C[C@]3(F)CN(c4cccc(C#N)c4)C(=O)[C@]3(F)C2)no1. The summed E-state index contributed by atoms with van der Waals surface area (Å²) in [5, 5.41) is 12.6. The summed E-state index contributed by atoms with van der Waals surface area (Å²) in [6.45, 7) is -0.225. The highest BCUT2D eigenvalue weighted by Gasteiger charge is 2.72. The molecule has 2 saturated heterocycles. The lowest BCUT2D eigenvalue weighted by molar-refractivity contribution is -0.132. The summed E-state index contributed by atoms with van der Waals surface area (Å²) >= 11 is 0. The molecular formula is C18H15F2N5O3. The summed E-state index contributed by atoms with van der Waals surface area (Å²) < 4.78 is 35.7. The number of nitrogens with zero attached hydrogens (tertiary/aromatic N) is 5. The van der Waals surface area contributed by atoms with Gasteiger partial charge in [-0.3, -0.25) is 9.59 Å². The van der Waals surface area contributed by atoms with Crippen LogP contribution in [0.5, 0.6) is 0 Å². The van der Waals surface area contributed by atoms with Crippen molar-refractivity contribution >= 4 is 17.5 Å². The van der Waals surface area contributed by atoms with Gasteiger partial charge in [-0.1, -0.05) is 11.2 Å². The topological polar surface area (TPSA) is 103 Å². The van der Waals surface area contributed by atoms with Crippen molar-refractivity contribution in [3.05, 3.63) is 41.5 Å². The fraction of sp³-hybridized carbons (Fsp3) is 0.389. The molecule has 4 rings (SSSR count). The van der Waals surface area contributed by atoms with Gasteiger partial charge in [0.15, 0.2) is 11.5 Å². The number of rotatable bonds is 3. The van der Waals surface area contributed by atoms with E-state index in [2.05, 4.69) is 10.1 Å². The van der Waals surface area contributed by atoms with Crippen molar-refractivity contribution in [1.29, 1.82) is 5.26 Å². The maximum Gasteiger partial charge on any atom is 0.270 e. The van der Waals surface area contributed by atoms with E-state index >= 15 is 8.78 Å². The molecule has 0 aliphatic carbocycles. The van der Waals surface area contributed by atoms with Gasteiger partial charge >= 0.3 is 0 Å². The van der Waals surface area contributed by atoms with Crippen molar-refractivity contribution in [2.45, 2.75) is 24.7 Å². The minimum Gasteiger partial charge on any atom is -0.340 e. The largest absolute Gasteiger partial charge is 0.340 e. The van der Waals surface area contributed by atoms with Crippen molar-refractivity contribution in [2.24, 2.45) is 0 Å². The van der Waals surface area contributed by atoms with Gasteiger partial charge in [0.2, 0.25) is 17.5 Å². The Bertz CT molecular complexity index is 1020. The third kappa shape index (κ3) is 2.62. The number of carbonyl (C=O) groups excluding carboxylic acids is 2. The van der Waals surface area contributed by atoms with Crippen molar-refractivity contribution in [3.8, 4) is 6.07 Å². The zero-order valence-corrected chi connectivity index (χ0v) is 14.9. The summed E-state index contributed by atoms with van der Waals surface area (Å²) in [5.74, 6) is -1.26. The molecule has 2 aromatic rings. The maximum atomic E-state index is 15.5. The lowest BCUT2D eigenvalue weighted by atomic mass is 9.93. The van der Waals surface area contributed by atoms with Gasteiger partial charge in [0.25, 0.3) is 5.91 Å².